The summed E-state index contributed by atoms with van der Waals surface area (Å²) >= 11 is 0. The van der Waals surface area contributed by atoms with Crippen LogP contribution in [-0.4, -0.2) is 9.97 Å². The summed E-state index contributed by atoms with van der Waals surface area (Å²) in [5.74, 6) is 0.464. The number of nitrogen functional groups attached to an aromatic ring is 1. The molecular formula is C15H15N3. The largest absolute Gasteiger partial charge is 0.369 e. The predicted octanol–water partition coefficient (Wildman–Crippen LogP) is 3.43. The minimum Gasteiger partial charge on any atom is -0.369 e. The van der Waals surface area contributed by atoms with Gasteiger partial charge in [0, 0.05) is 11.3 Å². The predicted molar refractivity (Wildman–Crippen MR) is 75.4 cm³/mol. The second-order valence-corrected chi connectivity index (χ2v) is 4.66. The van der Waals surface area contributed by atoms with Crippen molar-refractivity contribution < 1.29 is 0 Å². The van der Waals surface area contributed by atoms with Crippen LogP contribution in [0.25, 0.3) is 22.0 Å². The molecule has 3 nitrogen and oxygen atoms in total. The van der Waals surface area contributed by atoms with E-state index in [1.807, 2.05) is 6.92 Å². The lowest BCUT2D eigenvalue weighted by Crippen LogP contribution is -1.85. The van der Waals surface area contributed by atoms with Crippen LogP contribution in [0.3, 0.4) is 0 Å². The molecule has 0 saturated carbocycles. The van der Waals surface area contributed by atoms with E-state index in [9.17, 15) is 0 Å². The number of aromatic nitrogens is 2. The highest BCUT2D eigenvalue weighted by atomic mass is 15.0. The first kappa shape index (κ1) is 10.8. The fourth-order valence-electron chi connectivity index (χ4n) is 2.28. The average molecular weight is 237 g/mol. The van der Waals surface area contributed by atoms with E-state index in [-0.39, 0.29) is 0 Å². The normalized spacial score (nSPS) is 11.0. The standard InChI is InChI=1S/C15H15N3/c1-9-3-4-12-8-13(6-5-11(12)7-9)14-10(2)17-15(16)18-14/h3-8H,1-2H3,(H3,16,17,18). The third-order valence-electron chi connectivity index (χ3n) is 3.17. The number of hydrogen-bond acceptors (Lipinski definition) is 2. The number of imidazole rings is 1. The summed E-state index contributed by atoms with van der Waals surface area (Å²) in [5.41, 5.74) is 9.98. The van der Waals surface area contributed by atoms with E-state index in [2.05, 4.69) is 53.3 Å². The van der Waals surface area contributed by atoms with Gasteiger partial charge in [0.1, 0.15) is 0 Å². The third-order valence-corrected chi connectivity index (χ3v) is 3.17. The van der Waals surface area contributed by atoms with Crippen LogP contribution < -0.4 is 5.73 Å². The summed E-state index contributed by atoms with van der Waals surface area (Å²) in [6.45, 7) is 4.09. The fraction of sp³-hybridized carbons (Fsp3) is 0.133. The molecule has 3 heteroatoms. The molecule has 3 aromatic rings. The van der Waals surface area contributed by atoms with Crippen molar-refractivity contribution in [3.05, 3.63) is 47.7 Å². The Morgan fingerprint density at radius 2 is 1.72 bits per heavy atom. The van der Waals surface area contributed by atoms with Gasteiger partial charge in [-0.05, 0) is 30.7 Å². The van der Waals surface area contributed by atoms with Gasteiger partial charge in [-0.15, -0.1) is 0 Å². The van der Waals surface area contributed by atoms with Gasteiger partial charge in [-0.1, -0.05) is 35.9 Å². The van der Waals surface area contributed by atoms with E-state index in [0.29, 0.717) is 5.95 Å². The van der Waals surface area contributed by atoms with Crippen molar-refractivity contribution in [3.63, 3.8) is 0 Å². The molecule has 3 N–H and O–H groups in total. The van der Waals surface area contributed by atoms with Crippen LogP contribution in [0.4, 0.5) is 5.95 Å². The molecule has 1 aromatic heterocycles. The lowest BCUT2D eigenvalue weighted by Gasteiger charge is -2.03. The summed E-state index contributed by atoms with van der Waals surface area (Å²) in [6.07, 6.45) is 0. The molecule has 0 aliphatic rings. The SMILES string of the molecule is Cc1ccc2cc(-c3nc(N)[nH]c3C)ccc2c1. The number of aromatic amines is 1. The molecule has 1 heterocycles. The Kier molecular flexibility index (Phi) is 2.33. The lowest BCUT2D eigenvalue weighted by atomic mass is 10.0. The second-order valence-electron chi connectivity index (χ2n) is 4.66. The number of nitrogens with one attached hydrogen (secondary N) is 1. The van der Waals surface area contributed by atoms with Crippen molar-refractivity contribution in [3.8, 4) is 11.3 Å². The number of aryl methyl sites for hydroxylation is 2. The molecular weight excluding hydrogens is 222 g/mol. The minimum atomic E-state index is 0.464. The van der Waals surface area contributed by atoms with E-state index in [0.717, 1.165) is 17.0 Å². The number of hydrogen-bond donors (Lipinski definition) is 2. The molecule has 0 atom stereocenters. The summed E-state index contributed by atoms with van der Waals surface area (Å²) < 4.78 is 0. The molecule has 0 aliphatic carbocycles. The van der Waals surface area contributed by atoms with Gasteiger partial charge in [0.05, 0.1) is 5.69 Å². The Bertz CT molecular complexity index is 726. The maximum atomic E-state index is 5.68. The van der Waals surface area contributed by atoms with E-state index >= 15 is 0 Å². The van der Waals surface area contributed by atoms with Gasteiger partial charge in [0.15, 0.2) is 5.95 Å². The first-order valence-electron chi connectivity index (χ1n) is 5.96. The van der Waals surface area contributed by atoms with Crippen molar-refractivity contribution in [2.24, 2.45) is 0 Å². The topological polar surface area (TPSA) is 54.7 Å². The first-order valence-corrected chi connectivity index (χ1v) is 5.96. The highest BCUT2D eigenvalue weighted by Gasteiger charge is 2.07. The van der Waals surface area contributed by atoms with E-state index in [4.69, 9.17) is 5.73 Å². The van der Waals surface area contributed by atoms with Gasteiger partial charge < -0.3 is 10.7 Å². The van der Waals surface area contributed by atoms with Crippen LogP contribution in [0, 0.1) is 13.8 Å². The van der Waals surface area contributed by atoms with Crippen molar-refractivity contribution in [2.75, 3.05) is 5.73 Å². The van der Waals surface area contributed by atoms with Crippen LogP contribution in [-0.2, 0) is 0 Å². The average Bonchev–Trinajstić information content (AvgIpc) is 2.68. The molecule has 0 bridgehead atoms. The maximum absolute atomic E-state index is 5.68. The lowest BCUT2D eigenvalue weighted by molar-refractivity contribution is 1.26. The Labute approximate surface area is 106 Å². The minimum absolute atomic E-state index is 0.464. The number of benzene rings is 2. The smallest absolute Gasteiger partial charge is 0.198 e. The number of nitrogens with zero attached hydrogens (tertiary/aromatic N) is 1. The molecule has 0 spiro atoms. The quantitative estimate of drug-likeness (QED) is 0.681. The van der Waals surface area contributed by atoms with Gasteiger partial charge in [-0.3, -0.25) is 0 Å². The summed E-state index contributed by atoms with van der Waals surface area (Å²) in [6, 6.07) is 12.8. The van der Waals surface area contributed by atoms with Gasteiger partial charge in [0.2, 0.25) is 0 Å². The fourth-order valence-corrected chi connectivity index (χ4v) is 2.28. The van der Waals surface area contributed by atoms with E-state index in [1.54, 1.807) is 0 Å². The van der Waals surface area contributed by atoms with Crippen LogP contribution >= 0.6 is 0 Å². The van der Waals surface area contributed by atoms with Gasteiger partial charge in [-0.25, -0.2) is 4.98 Å². The molecule has 0 fully saturated rings. The van der Waals surface area contributed by atoms with Crippen molar-refractivity contribution in [1.29, 1.82) is 0 Å². The molecule has 0 unspecified atom stereocenters. The van der Waals surface area contributed by atoms with Crippen molar-refractivity contribution in [2.45, 2.75) is 13.8 Å². The summed E-state index contributed by atoms with van der Waals surface area (Å²) in [4.78, 5) is 7.36. The molecule has 0 aliphatic heterocycles. The van der Waals surface area contributed by atoms with Gasteiger partial charge in [0.25, 0.3) is 0 Å². The number of fused-ring (bicyclic) bond motifs is 1. The zero-order valence-corrected chi connectivity index (χ0v) is 10.5. The van der Waals surface area contributed by atoms with Crippen LogP contribution in [0.1, 0.15) is 11.3 Å². The Morgan fingerprint density at radius 3 is 2.44 bits per heavy atom. The molecule has 0 amide bonds. The van der Waals surface area contributed by atoms with Crippen molar-refractivity contribution in [1.82, 2.24) is 9.97 Å². The first-order chi connectivity index (χ1) is 8.63. The van der Waals surface area contributed by atoms with E-state index in [1.165, 1.54) is 16.3 Å². The highest BCUT2D eigenvalue weighted by Crippen LogP contribution is 2.26. The maximum Gasteiger partial charge on any atom is 0.198 e. The Balaban J connectivity index is 2.19. The molecule has 0 saturated heterocycles. The molecule has 2 aromatic carbocycles. The summed E-state index contributed by atoms with van der Waals surface area (Å²) in [5, 5.41) is 2.47. The Hall–Kier alpha value is -2.29. The molecule has 0 radical (unpaired) electrons. The van der Waals surface area contributed by atoms with Crippen LogP contribution in [0.15, 0.2) is 36.4 Å². The second kappa shape index (κ2) is 3.88. The number of anilines is 1. The number of H-pyrrole nitrogens is 1. The Morgan fingerprint density at radius 1 is 1.00 bits per heavy atom. The molecule has 90 valence electrons. The summed E-state index contributed by atoms with van der Waals surface area (Å²) in [7, 11) is 0. The molecule has 18 heavy (non-hydrogen) atoms. The highest BCUT2D eigenvalue weighted by molar-refractivity contribution is 5.87. The number of rotatable bonds is 1. The zero-order chi connectivity index (χ0) is 12.7. The van der Waals surface area contributed by atoms with Crippen molar-refractivity contribution >= 4 is 16.7 Å². The zero-order valence-electron chi connectivity index (χ0n) is 10.5. The van der Waals surface area contributed by atoms with E-state index < -0.39 is 0 Å². The van der Waals surface area contributed by atoms with Crippen LogP contribution in [0.5, 0.6) is 0 Å². The van der Waals surface area contributed by atoms with Gasteiger partial charge >= 0.3 is 0 Å². The van der Waals surface area contributed by atoms with Crippen LogP contribution in [0.2, 0.25) is 0 Å². The van der Waals surface area contributed by atoms with Gasteiger partial charge in [-0.2, -0.15) is 0 Å². The third kappa shape index (κ3) is 1.74. The monoisotopic (exact) mass is 237 g/mol. The number of nitrogens with two attached hydrogens (primary N) is 1. The molecule has 3 rings (SSSR count).